The summed E-state index contributed by atoms with van der Waals surface area (Å²) in [5.74, 6) is 0.689. The molecule has 2 heterocycles. The average Bonchev–Trinajstić information content (AvgIpc) is 3.85. The first-order valence-electron chi connectivity index (χ1n) is 22.3. The number of nitrogens with zero attached hydrogens (tertiary/aromatic N) is 3. The molecule has 0 saturated carbocycles. The zero-order chi connectivity index (χ0) is 42.6. The highest BCUT2D eigenvalue weighted by molar-refractivity contribution is 6.20. The van der Waals surface area contributed by atoms with Crippen LogP contribution < -0.4 is 0 Å². The van der Waals surface area contributed by atoms with Gasteiger partial charge in [0, 0.05) is 38.4 Å². The summed E-state index contributed by atoms with van der Waals surface area (Å²) < 4.78 is 0. The van der Waals surface area contributed by atoms with Crippen LogP contribution in [-0.2, 0) is 5.41 Å². The Hall–Kier alpha value is -8.53. The number of fused-ring (bicyclic) bond motifs is 16. The first-order chi connectivity index (χ1) is 32.2. The molecule has 0 fully saturated rings. The van der Waals surface area contributed by atoms with Crippen LogP contribution >= 0.6 is 0 Å². The number of para-hydroxylation sites is 1. The van der Waals surface area contributed by atoms with Crippen molar-refractivity contribution in [2.45, 2.75) is 5.41 Å². The van der Waals surface area contributed by atoms with E-state index < -0.39 is 5.41 Å². The van der Waals surface area contributed by atoms with Gasteiger partial charge >= 0.3 is 0 Å². The Bertz CT molecular complexity index is 3830. The highest BCUT2D eigenvalue weighted by Crippen LogP contribution is 2.64. The molecule has 2 aliphatic rings. The maximum Gasteiger partial charge on any atom is 0.160 e. The fourth-order valence-corrected chi connectivity index (χ4v) is 11.2. The lowest BCUT2D eigenvalue weighted by Crippen LogP contribution is -2.25. The standard InChI is InChI=1S/C62H37N3/c1-3-16-40-34-43(30-28-38(40)14-1)57-37-56(64-61(65-57)45-31-29-39-15-2-4-17-41(39)35-45)42-18-13-19-44(36-42)60-50-32-33-54-59(58(50)49-23-8-12-27-55(49)63-60)48-22-7-11-26-53(48)62(54)51-24-9-5-20-46(51)47-21-6-10-25-52(47)62/h1-37H. The quantitative estimate of drug-likeness (QED) is 0.166. The van der Waals surface area contributed by atoms with E-state index in [1.54, 1.807) is 0 Å². The normalized spacial score (nSPS) is 13.0. The van der Waals surface area contributed by atoms with Crippen LogP contribution in [-0.4, -0.2) is 15.0 Å². The molecular weight excluding hydrogens is 787 g/mol. The third-order valence-electron chi connectivity index (χ3n) is 14.0. The second kappa shape index (κ2) is 13.7. The first kappa shape index (κ1) is 36.0. The van der Waals surface area contributed by atoms with Gasteiger partial charge in [0.15, 0.2) is 5.82 Å². The number of benzene rings is 10. The molecule has 0 amide bonds. The van der Waals surface area contributed by atoms with Crippen LogP contribution in [0.25, 0.3) is 111 Å². The number of rotatable bonds is 4. The average molecular weight is 824 g/mol. The summed E-state index contributed by atoms with van der Waals surface area (Å²) in [7, 11) is 0. The molecule has 2 aromatic heterocycles. The van der Waals surface area contributed by atoms with Gasteiger partial charge < -0.3 is 0 Å². The Morgan fingerprint density at radius 1 is 0.308 bits per heavy atom. The van der Waals surface area contributed by atoms with Gasteiger partial charge in [-0.15, -0.1) is 0 Å². The van der Waals surface area contributed by atoms with Crippen LogP contribution in [0.5, 0.6) is 0 Å². The lowest BCUT2D eigenvalue weighted by molar-refractivity contribution is 0.794. The summed E-state index contributed by atoms with van der Waals surface area (Å²) in [5, 5.41) is 8.24. The molecule has 65 heavy (non-hydrogen) atoms. The van der Waals surface area contributed by atoms with Crippen LogP contribution in [0.3, 0.4) is 0 Å². The van der Waals surface area contributed by atoms with E-state index in [4.69, 9.17) is 15.0 Å². The third-order valence-corrected chi connectivity index (χ3v) is 14.0. The second-order valence-corrected chi connectivity index (χ2v) is 17.4. The van der Waals surface area contributed by atoms with E-state index in [1.807, 2.05) is 0 Å². The minimum atomic E-state index is -0.434. The third kappa shape index (κ3) is 5.21. The number of aromatic nitrogens is 3. The topological polar surface area (TPSA) is 38.7 Å². The Labute approximate surface area is 376 Å². The molecule has 0 N–H and O–H groups in total. The summed E-state index contributed by atoms with van der Waals surface area (Å²) >= 11 is 0. The van der Waals surface area contributed by atoms with Gasteiger partial charge in [0.25, 0.3) is 0 Å². The predicted octanol–water partition coefficient (Wildman–Crippen LogP) is 15.5. The molecule has 12 aromatic rings. The molecule has 3 nitrogen and oxygen atoms in total. The summed E-state index contributed by atoms with van der Waals surface area (Å²) in [6, 6.07) is 81.4. The van der Waals surface area contributed by atoms with Crippen molar-refractivity contribution in [3.05, 3.63) is 247 Å². The molecule has 300 valence electrons. The summed E-state index contributed by atoms with van der Waals surface area (Å²) in [6.45, 7) is 0. The maximum absolute atomic E-state index is 5.51. The van der Waals surface area contributed by atoms with E-state index >= 15 is 0 Å². The van der Waals surface area contributed by atoms with Crippen molar-refractivity contribution in [2.75, 3.05) is 0 Å². The van der Waals surface area contributed by atoms with Crippen molar-refractivity contribution in [1.29, 1.82) is 0 Å². The van der Waals surface area contributed by atoms with Crippen molar-refractivity contribution >= 4 is 43.2 Å². The highest BCUT2D eigenvalue weighted by atomic mass is 14.9. The van der Waals surface area contributed by atoms with Gasteiger partial charge in [-0.2, -0.15) is 0 Å². The van der Waals surface area contributed by atoms with Gasteiger partial charge in [-0.05, 0) is 96.4 Å². The van der Waals surface area contributed by atoms with E-state index in [-0.39, 0.29) is 0 Å². The van der Waals surface area contributed by atoms with Gasteiger partial charge in [0.05, 0.1) is 28.0 Å². The first-order valence-corrected chi connectivity index (χ1v) is 22.3. The number of pyridine rings is 1. The molecule has 10 aromatic carbocycles. The zero-order valence-corrected chi connectivity index (χ0v) is 35.2. The molecule has 0 unspecified atom stereocenters. The summed E-state index contributed by atoms with van der Waals surface area (Å²) in [6.07, 6.45) is 0. The van der Waals surface area contributed by atoms with Crippen molar-refractivity contribution in [1.82, 2.24) is 15.0 Å². The van der Waals surface area contributed by atoms with Gasteiger partial charge in [0.1, 0.15) is 0 Å². The largest absolute Gasteiger partial charge is 0.247 e. The molecule has 1 spiro atoms. The molecule has 3 heteroatoms. The lowest BCUT2D eigenvalue weighted by Gasteiger charge is -2.30. The molecule has 14 rings (SSSR count). The Morgan fingerprint density at radius 3 is 1.55 bits per heavy atom. The van der Waals surface area contributed by atoms with Crippen LogP contribution in [0, 0.1) is 0 Å². The lowest BCUT2D eigenvalue weighted by atomic mass is 9.70. The minimum absolute atomic E-state index is 0.434. The highest BCUT2D eigenvalue weighted by Gasteiger charge is 2.52. The molecule has 0 atom stereocenters. The van der Waals surface area contributed by atoms with E-state index in [1.165, 1.54) is 66.1 Å². The van der Waals surface area contributed by atoms with Crippen LogP contribution in [0.1, 0.15) is 22.3 Å². The van der Waals surface area contributed by atoms with Crippen LogP contribution in [0.2, 0.25) is 0 Å². The second-order valence-electron chi connectivity index (χ2n) is 17.4. The van der Waals surface area contributed by atoms with E-state index in [9.17, 15) is 0 Å². The minimum Gasteiger partial charge on any atom is -0.247 e. The van der Waals surface area contributed by atoms with E-state index in [0.717, 1.165) is 61.0 Å². The number of hydrogen-bond donors (Lipinski definition) is 0. The fraction of sp³-hybridized carbons (Fsp3) is 0.0161. The van der Waals surface area contributed by atoms with Gasteiger partial charge in [0.2, 0.25) is 0 Å². The predicted molar refractivity (Wildman–Crippen MR) is 268 cm³/mol. The van der Waals surface area contributed by atoms with Gasteiger partial charge in [-0.1, -0.05) is 194 Å². The molecule has 0 saturated heterocycles. The maximum atomic E-state index is 5.51. The Kier molecular flexibility index (Phi) is 7.61. The van der Waals surface area contributed by atoms with Crippen molar-refractivity contribution in [2.24, 2.45) is 0 Å². The fourth-order valence-electron chi connectivity index (χ4n) is 11.2. The smallest absolute Gasteiger partial charge is 0.160 e. The van der Waals surface area contributed by atoms with Crippen molar-refractivity contribution in [3.8, 4) is 67.4 Å². The molecule has 0 bridgehead atoms. The Balaban J connectivity index is 0.994. The van der Waals surface area contributed by atoms with Crippen molar-refractivity contribution < 1.29 is 0 Å². The zero-order valence-electron chi connectivity index (χ0n) is 35.2. The van der Waals surface area contributed by atoms with Crippen LogP contribution in [0.15, 0.2) is 224 Å². The molecule has 0 aliphatic heterocycles. The monoisotopic (exact) mass is 823 g/mol. The van der Waals surface area contributed by atoms with Gasteiger partial charge in [-0.25, -0.2) is 15.0 Å². The molecular formula is C62H37N3. The summed E-state index contributed by atoms with van der Waals surface area (Å²) in [5.41, 5.74) is 17.8. The Morgan fingerprint density at radius 2 is 0.846 bits per heavy atom. The molecule has 0 radical (unpaired) electrons. The number of hydrogen-bond acceptors (Lipinski definition) is 3. The SMILES string of the molecule is c1cc(-c2cc(-c3ccc4ccccc4c3)nc(-c3ccc4ccccc4c3)n2)cc(-c2nc3ccccc3c3c4c(ccc23)C2(c3ccccc3-c3ccccc32)c2ccccc2-4)c1. The summed E-state index contributed by atoms with van der Waals surface area (Å²) in [4.78, 5) is 16.1. The van der Waals surface area contributed by atoms with E-state index in [0.29, 0.717) is 5.82 Å². The van der Waals surface area contributed by atoms with Gasteiger partial charge in [-0.3, -0.25) is 0 Å². The molecule has 2 aliphatic carbocycles. The van der Waals surface area contributed by atoms with E-state index in [2.05, 4.69) is 224 Å². The van der Waals surface area contributed by atoms with Crippen LogP contribution in [0.4, 0.5) is 0 Å². The van der Waals surface area contributed by atoms with Crippen molar-refractivity contribution in [3.63, 3.8) is 0 Å².